The molecular weight excluding hydrogens is 384 g/mol. The van der Waals surface area contributed by atoms with E-state index in [0.29, 0.717) is 10.7 Å². The fourth-order valence-corrected chi connectivity index (χ4v) is 3.71. The predicted molar refractivity (Wildman–Crippen MR) is 114 cm³/mol. The number of halogens is 1. The highest BCUT2D eigenvalue weighted by Gasteiger charge is 2.25. The predicted octanol–water partition coefficient (Wildman–Crippen LogP) is 4.87. The maximum Gasteiger partial charge on any atom is 0.300 e. The van der Waals surface area contributed by atoms with Gasteiger partial charge < -0.3 is 5.32 Å². The number of benzene rings is 2. The molecular formula is C23H16ClN4O+. The molecule has 3 aromatic heterocycles. The van der Waals surface area contributed by atoms with Gasteiger partial charge in [-0.3, -0.25) is 9.78 Å². The average Bonchev–Trinajstić information content (AvgIpc) is 3.14. The van der Waals surface area contributed by atoms with Crippen LogP contribution in [0.25, 0.3) is 27.7 Å². The number of hydrogen-bond donors (Lipinski definition) is 2. The molecule has 0 bridgehead atoms. The average molecular weight is 400 g/mol. The zero-order valence-electron chi connectivity index (χ0n) is 15.3. The number of anilines is 1. The van der Waals surface area contributed by atoms with Gasteiger partial charge in [-0.25, -0.2) is 4.98 Å². The third-order valence-corrected chi connectivity index (χ3v) is 5.09. The number of carbonyl (C=O) groups excluding carboxylic acids is 1. The van der Waals surface area contributed by atoms with Gasteiger partial charge in [0, 0.05) is 33.9 Å². The molecule has 0 radical (unpaired) electrons. The van der Waals surface area contributed by atoms with Crippen molar-refractivity contribution in [1.82, 2.24) is 9.97 Å². The highest BCUT2D eigenvalue weighted by atomic mass is 35.5. The number of aromatic nitrogens is 3. The summed E-state index contributed by atoms with van der Waals surface area (Å²) < 4.78 is 1.95. The van der Waals surface area contributed by atoms with Crippen LogP contribution in [0.5, 0.6) is 0 Å². The van der Waals surface area contributed by atoms with E-state index in [-0.39, 0.29) is 5.91 Å². The third-order valence-electron chi connectivity index (χ3n) is 4.85. The van der Waals surface area contributed by atoms with Crippen LogP contribution >= 0.6 is 11.6 Å². The molecule has 5 rings (SSSR count). The van der Waals surface area contributed by atoms with Gasteiger partial charge >= 0.3 is 0 Å². The Morgan fingerprint density at radius 3 is 2.83 bits per heavy atom. The van der Waals surface area contributed by atoms with Gasteiger partial charge in [0.2, 0.25) is 5.69 Å². The van der Waals surface area contributed by atoms with E-state index < -0.39 is 0 Å². The van der Waals surface area contributed by atoms with E-state index in [2.05, 4.69) is 15.3 Å². The van der Waals surface area contributed by atoms with Crippen LogP contribution in [-0.2, 0) is 0 Å². The molecule has 0 aliphatic rings. The number of carbonyl (C=O) groups is 1. The fourth-order valence-electron chi connectivity index (χ4n) is 3.52. The molecule has 0 aliphatic carbocycles. The Morgan fingerprint density at radius 1 is 1.03 bits per heavy atom. The van der Waals surface area contributed by atoms with Crippen molar-refractivity contribution in [3.8, 4) is 11.4 Å². The van der Waals surface area contributed by atoms with Crippen LogP contribution < -0.4 is 9.72 Å². The standard InChI is InChI=1S/C23H15ClN4O/c24-17-7-3-5-15(13-17)22-27-21(20-9-1-2-12-28(20)22)23(29)26-19-8-4-6-16-14-25-11-10-18(16)19/h1-14H,(H,26,29)/p+1. The van der Waals surface area contributed by atoms with E-state index in [0.717, 1.165) is 33.4 Å². The van der Waals surface area contributed by atoms with Crippen molar-refractivity contribution < 1.29 is 9.20 Å². The van der Waals surface area contributed by atoms with E-state index in [1.54, 1.807) is 12.4 Å². The molecule has 0 fully saturated rings. The molecule has 5 nitrogen and oxygen atoms in total. The third kappa shape index (κ3) is 3.11. The van der Waals surface area contributed by atoms with E-state index in [1.807, 2.05) is 77.3 Å². The van der Waals surface area contributed by atoms with Crippen LogP contribution in [0.2, 0.25) is 5.02 Å². The first-order valence-corrected chi connectivity index (χ1v) is 9.51. The molecule has 0 saturated heterocycles. The van der Waals surface area contributed by atoms with Crippen molar-refractivity contribution in [3.63, 3.8) is 0 Å². The minimum Gasteiger partial charge on any atom is -0.318 e. The monoisotopic (exact) mass is 399 g/mol. The molecule has 0 saturated carbocycles. The summed E-state index contributed by atoms with van der Waals surface area (Å²) in [5, 5.41) is 5.58. The SMILES string of the molecule is O=C(Nc1cccc2cnccc12)c1[nH]c(-c2cccc(Cl)c2)[n+]2ccccc12. The summed E-state index contributed by atoms with van der Waals surface area (Å²) in [6.45, 7) is 0. The Labute approximate surface area is 171 Å². The normalized spacial score (nSPS) is 11.1. The molecule has 5 aromatic rings. The quantitative estimate of drug-likeness (QED) is 0.425. The Hall–Kier alpha value is -3.70. The first-order valence-electron chi connectivity index (χ1n) is 9.13. The second-order valence-electron chi connectivity index (χ2n) is 6.67. The van der Waals surface area contributed by atoms with Gasteiger partial charge in [0.15, 0.2) is 5.52 Å². The van der Waals surface area contributed by atoms with Crippen LogP contribution in [0.3, 0.4) is 0 Å². The van der Waals surface area contributed by atoms with Crippen molar-refractivity contribution in [1.29, 1.82) is 0 Å². The van der Waals surface area contributed by atoms with Gasteiger partial charge in [-0.15, -0.1) is 0 Å². The second-order valence-corrected chi connectivity index (χ2v) is 7.11. The number of rotatable bonds is 3. The van der Waals surface area contributed by atoms with Crippen molar-refractivity contribution in [2.24, 2.45) is 0 Å². The number of H-pyrrole nitrogens is 1. The van der Waals surface area contributed by atoms with Crippen LogP contribution in [0.1, 0.15) is 10.5 Å². The Kier molecular flexibility index (Phi) is 4.22. The van der Waals surface area contributed by atoms with Crippen molar-refractivity contribution >= 4 is 39.5 Å². The van der Waals surface area contributed by atoms with Crippen LogP contribution in [0, 0.1) is 0 Å². The second kappa shape index (κ2) is 7.04. The van der Waals surface area contributed by atoms with E-state index in [1.165, 1.54) is 0 Å². The molecule has 0 atom stereocenters. The topological polar surface area (TPSA) is 61.9 Å². The molecule has 2 aromatic carbocycles. The maximum atomic E-state index is 13.2. The lowest BCUT2D eigenvalue weighted by Gasteiger charge is -2.06. The maximum absolute atomic E-state index is 13.2. The van der Waals surface area contributed by atoms with Gasteiger partial charge in [-0.05, 0) is 42.5 Å². The Balaban J connectivity index is 1.61. The molecule has 140 valence electrons. The molecule has 2 N–H and O–H groups in total. The van der Waals surface area contributed by atoms with Gasteiger partial charge in [0.1, 0.15) is 0 Å². The van der Waals surface area contributed by atoms with E-state index >= 15 is 0 Å². The highest BCUT2D eigenvalue weighted by Crippen LogP contribution is 2.24. The van der Waals surface area contributed by atoms with Gasteiger partial charge in [0.05, 0.1) is 11.8 Å². The highest BCUT2D eigenvalue weighted by molar-refractivity contribution is 6.30. The first-order chi connectivity index (χ1) is 14.2. The number of imidazole rings is 1. The summed E-state index contributed by atoms with van der Waals surface area (Å²) >= 11 is 6.17. The molecule has 6 heteroatoms. The lowest BCUT2D eigenvalue weighted by molar-refractivity contribution is -0.498. The number of fused-ring (bicyclic) bond motifs is 2. The lowest BCUT2D eigenvalue weighted by Crippen LogP contribution is -2.22. The minimum absolute atomic E-state index is 0.216. The number of nitrogens with one attached hydrogen (secondary N) is 2. The first kappa shape index (κ1) is 17.4. The summed E-state index contributed by atoms with van der Waals surface area (Å²) in [4.78, 5) is 20.6. The number of aromatic amines is 1. The van der Waals surface area contributed by atoms with Crippen LogP contribution in [0.4, 0.5) is 5.69 Å². The molecule has 29 heavy (non-hydrogen) atoms. The molecule has 0 unspecified atom stereocenters. The smallest absolute Gasteiger partial charge is 0.300 e. The number of pyridine rings is 2. The fraction of sp³-hybridized carbons (Fsp3) is 0. The summed E-state index contributed by atoms with van der Waals surface area (Å²) in [5.41, 5.74) is 2.89. The zero-order chi connectivity index (χ0) is 19.8. The Bertz CT molecular complexity index is 1370. The lowest BCUT2D eigenvalue weighted by atomic mass is 10.1. The zero-order valence-corrected chi connectivity index (χ0v) is 16.0. The van der Waals surface area contributed by atoms with Crippen LogP contribution in [-0.4, -0.2) is 15.9 Å². The number of amides is 1. The van der Waals surface area contributed by atoms with Gasteiger partial charge in [-0.2, -0.15) is 4.40 Å². The van der Waals surface area contributed by atoms with Crippen molar-refractivity contribution in [3.05, 3.63) is 96.0 Å². The molecule has 0 aliphatic heterocycles. The van der Waals surface area contributed by atoms with Gasteiger partial charge in [0.25, 0.3) is 11.7 Å². The summed E-state index contributed by atoms with van der Waals surface area (Å²) in [6, 6.07) is 20.9. The number of hydrogen-bond acceptors (Lipinski definition) is 2. The summed E-state index contributed by atoms with van der Waals surface area (Å²) in [7, 11) is 0. The molecule has 3 heterocycles. The number of nitrogens with zero attached hydrogens (tertiary/aromatic N) is 2. The molecule has 1 amide bonds. The largest absolute Gasteiger partial charge is 0.318 e. The van der Waals surface area contributed by atoms with Crippen molar-refractivity contribution in [2.75, 3.05) is 5.32 Å². The van der Waals surface area contributed by atoms with Gasteiger partial charge in [-0.1, -0.05) is 35.9 Å². The van der Waals surface area contributed by atoms with E-state index in [9.17, 15) is 4.79 Å². The minimum atomic E-state index is -0.216. The van der Waals surface area contributed by atoms with Crippen LogP contribution in [0.15, 0.2) is 85.3 Å². The Morgan fingerprint density at radius 2 is 1.93 bits per heavy atom. The summed E-state index contributed by atoms with van der Waals surface area (Å²) in [5.74, 6) is 0.571. The molecule has 0 spiro atoms. The van der Waals surface area contributed by atoms with E-state index in [4.69, 9.17) is 11.6 Å². The summed E-state index contributed by atoms with van der Waals surface area (Å²) in [6.07, 6.45) is 5.42. The van der Waals surface area contributed by atoms with Crippen molar-refractivity contribution in [2.45, 2.75) is 0 Å².